The Labute approximate surface area is 165 Å². The molecule has 1 amide bonds. The summed E-state index contributed by atoms with van der Waals surface area (Å²) in [7, 11) is 1.52. The van der Waals surface area contributed by atoms with Crippen LogP contribution in [0, 0.1) is 0 Å². The molecule has 0 saturated heterocycles. The fraction of sp³-hybridized carbons (Fsp3) is 0.300. The van der Waals surface area contributed by atoms with Crippen molar-refractivity contribution in [2.75, 3.05) is 7.11 Å². The van der Waals surface area contributed by atoms with Crippen molar-refractivity contribution in [1.29, 1.82) is 0 Å². The maximum Gasteiger partial charge on any atom is 0.438 e. The monoisotopic (exact) mass is 408 g/mol. The van der Waals surface area contributed by atoms with Crippen LogP contribution in [0.1, 0.15) is 29.3 Å². The number of aliphatic hydroxyl groups is 1. The predicted octanol–water partition coefficient (Wildman–Crippen LogP) is 3.75. The second kappa shape index (κ2) is 7.75. The number of carbonyl (C=O) groups excluding carboxylic acids is 1. The maximum atomic E-state index is 13.3. The van der Waals surface area contributed by atoms with E-state index in [-0.39, 0.29) is 22.9 Å². The Balaban J connectivity index is 1.73. The minimum atomic E-state index is -5.04. The van der Waals surface area contributed by atoms with E-state index in [9.17, 15) is 23.1 Å². The molecule has 0 bridgehead atoms. The summed E-state index contributed by atoms with van der Waals surface area (Å²) in [5, 5.41) is 13.7. The third-order valence-electron chi connectivity index (χ3n) is 4.43. The number of halogens is 3. The quantitative estimate of drug-likeness (QED) is 0.818. The van der Waals surface area contributed by atoms with Gasteiger partial charge in [-0.1, -0.05) is 24.3 Å². The average molecular weight is 408 g/mol. The highest BCUT2D eigenvalue weighted by Gasteiger charge is 2.62. The minimum Gasteiger partial charge on any atom is -0.493 e. The SMILES string of the molecule is COc1ccccc1OCc1ccc(C(=O)N2N=C(C)CC2(O)C(F)(F)F)cc1. The van der Waals surface area contributed by atoms with Crippen molar-refractivity contribution in [3.63, 3.8) is 0 Å². The number of para-hydroxylation sites is 2. The van der Waals surface area contributed by atoms with Crippen LogP contribution in [0.2, 0.25) is 0 Å². The van der Waals surface area contributed by atoms with E-state index in [1.807, 2.05) is 0 Å². The van der Waals surface area contributed by atoms with Gasteiger partial charge in [-0.3, -0.25) is 4.79 Å². The number of amides is 1. The van der Waals surface area contributed by atoms with Crippen molar-refractivity contribution in [2.45, 2.75) is 31.9 Å². The normalized spacial score (nSPS) is 19.1. The van der Waals surface area contributed by atoms with Crippen LogP contribution in [-0.2, 0) is 6.61 Å². The number of methoxy groups -OCH3 is 1. The Hall–Kier alpha value is -3.07. The van der Waals surface area contributed by atoms with Crippen LogP contribution < -0.4 is 9.47 Å². The number of benzene rings is 2. The van der Waals surface area contributed by atoms with Crippen LogP contribution in [0.15, 0.2) is 53.6 Å². The molecule has 1 unspecified atom stereocenters. The molecule has 0 aliphatic carbocycles. The maximum absolute atomic E-state index is 13.3. The van der Waals surface area contributed by atoms with Crippen LogP contribution in [0.25, 0.3) is 0 Å². The number of carbonyl (C=O) groups is 1. The summed E-state index contributed by atoms with van der Waals surface area (Å²) in [6, 6.07) is 12.9. The van der Waals surface area contributed by atoms with E-state index in [0.717, 1.165) is 0 Å². The number of hydrogen-bond donors (Lipinski definition) is 1. The van der Waals surface area contributed by atoms with E-state index >= 15 is 0 Å². The molecule has 1 aliphatic rings. The highest BCUT2D eigenvalue weighted by Crippen LogP contribution is 2.40. The Morgan fingerprint density at radius 2 is 1.79 bits per heavy atom. The van der Waals surface area contributed by atoms with Crippen LogP contribution in [0.4, 0.5) is 13.2 Å². The second-order valence-corrected chi connectivity index (χ2v) is 6.58. The highest BCUT2D eigenvalue weighted by atomic mass is 19.4. The fourth-order valence-electron chi connectivity index (χ4n) is 2.92. The Morgan fingerprint density at radius 1 is 1.17 bits per heavy atom. The van der Waals surface area contributed by atoms with Crippen LogP contribution in [0.3, 0.4) is 0 Å². The summed E-state index contributed by atoms with van der Waals surface area (Å²) in [6.07, 6.45) is -5.82. The molecule has 0 fully saturated rings. The van der Waals surface area contributed by atoms with Gasteiger partial charge in [0.1, 0.15) is 6.61 Å². The molecule has 0 saturated carbocycles. The largest absolute Gasteiger partial charge is 0.493 e. The van der Waals surface area contributed by atoms with E-state index in [2.05, 4.69) is 5.10 Å². The zero-order chi connectivity index (χ0) is 21.2. The van der Waals surface area contributed by atoms with Gasteiger partial charge in [0.15, 0.2) is 11.5 Å². The minimum absolute atomic E-state index is 0.0139. The molecule has 0 aromatic heterocycles. The first kappa shape index (κ1) is 20.7. The predicted molar refractivity (Wildman–Crippen MR) is 98.7 cm³/mol. The Kier molecular flexibility index (Phi) is 5.52. The lowest BCUT2D eigenvalue weighted by Gasteiger charge is -2.32. The number of alkyl halides is 3. The second-order valence-electron chi connectivity index (χ2n) is 6.58. The van der Waals surface area contributed by atoms with Crippen molar-refractivity contribution >= 4 is 11.6 Å². The smallest absolute Gasteiger partial charge is 0.438 e. The summed E-state index contributed by atoms with van der Waals surface area (Å²) < 4.78 is 50.7. The summed E-state index contributed by atoms with van der Waals surface area (Å²) in [5.41, 5.74) is -2.67. The van der Waals surface area contributed by atoms with Gasteiger partial charge >= 0.3 is 6.18 Å². The number of hydrogen-bond acceptors (Lipinski definition) is 5. The van der Waals surface area contributed by atoms with Crippen LogP contribution >= 0.6 is 0 Å². The molecule has 2 aromatic carbocycles. The molecule has 9 heteroatoms. The van der Waals surface area contributed by atoms with Gasteiger partial charge in [0, 0.05) is 17.7 Å². The Bertz CT molecular complexity index is 928. The van der Waals surface area contributed by atoms with Crippen molar-refractivity contribution in [2.24, 2.45) is 5.10 Å². The third kappa shape index (κ3) is 4.04. The van der Waals surface area contributed by atoms with Crippen molar-refractivity contribution in [3.05, 3.63) is 59.7 Å². The number of nitrogens with zero attached hydrogens (tertiary/aromatic N) is 2. The summed E-state index contributed by atoms with van der Waals surface area (Å²) >= 11 is 0. The lowest BCUT2D eigenvalue weighted by atomic mass is 10.1. The molecule has 6 nitrogen and oxygen atoms in total. The summed E-state index contributed by atoms with van der Waals surface area (Å²) in [4.78, 5) is 12.5. The molecule has 1 aliphatic heterocycles. The molecule has 1 N–H and O–H groups in total. The van der Waals surface area contributed by atoms with E-state index in [1.165, 1.54) is 26.2 Å². The molecular formula is C20H19F3N2O4. The number of hydrazone groups is 1. The zero-order valence-electron chi connectivity index (χ0n) is 15.7. The zero-order valence-corrected chi connectivity index (χ0v) is 15.7. The lowest BCUT2D eigenvalue weighted by Crippen LogP contribution is -2.56. The first-order chi connectivity index (χ1) is 13.7. The first-order valence-electron chi connectivity index (χ1n) is 8.68. The summed E-state index contributed by atoms with van der Waals surface area (Å²) in [5.74, 6) is 0.0548. The van der Waals surface area contributed by atoms with Gasteiger partial charge in [-0.15, -0.1) is 0 Å². The topological polar surface area (TPSA) is 71.4 Å². The van der Waals surface area contributed by atoms with Gasteiger partial charge in [0.05, 0.1) is 7.11 Å². The van der Waals surface area contributed by atoms with Gasteiger partial charge in [-0.2, -0.15) is 23.3 Å². The van der Waals surface area contributed by atoms with E-state index in [0.29, 0.717) is 17.1 Å². The van der Waals surface area contributed by atoms with Crippen molar-refractivity contribution in [1.82, 2.24) is 5.01 Å². The molecule has 1 atom stereocenters. The van der Waals surface area contributed by atoms with Crippen molar-refractivity contribution < 1.29 is 32.5 Å². The van der Waals surface area contributed by atoms with Gasteiger partial charge in [0.25, 0.3) is 11.6 Å². The average Bonchev–Trinajstić information content (AvgIpc) is 3.02. The molecule has 0 spiro atoms. The van der Waals surface area contributed by atoms with E-state index in [1.54, 1.807) is 36.4 Å². The van der Waals surface area contributed by atoms with Gasteiger partial charge in [-0.05, 0) is 36.8 Å². The van der Waals surface area contributed by atoms with Gasteiger partial charge in [-0.25, -0.2) is 0 Å². The molecule has 29 heavy (non-hydrogen) atoms. The van der Waals surface area contributed by atoms with Crippen LogP contribution in [-0.4, -0.2) is 40.7 Å². The molecule has 154 valence electrons. The molecule has 3 rings (SSSR count). The Morgan fingerprint density at radius 3 is 2.38 bits per heavy atom. The van der Waals surface area contributed by atoms with Gasteiger partial charge in [0.2, 0.25) is 0 Å². The van der Waals surface area contributed by atoms with Crippen molar-refractivity contribution in [3.8, 4) is 11.5 Å². The lowest BCUT2D eigenvalue weighted by molar-refractivity contribution is -0.297. The number of ether oxygens (including phenoxy) is 2. The highest BCUT2D eigenvalue weighted by molar-refractivity contribution is 5.97. The molecule has 2 aromatic rings. The molecule has 0 radical (unpaired) electrons. The summed E-state index contributed by atoms with van der Waals surface area (Å²) in [6.45, 7) is 1.49. The van der Waals surface area contributed by atoms with Gasteiger partial charge < -0.3 is 14.6 Å². The first-order valence-corrected chi connectivity index (χ1v) is 8.68. The number of rotatable bonds is 5. The van der Waals surface area contributed by atoms with E-state index in [4.69, 9.17) is 9.47 Å². The third-order valence-corrected chi connectivity index (χ3v) is 4.43. The van der Waals surface area contributed by atoms with Crippen LogP contribution in [0.5, 0.6) is 11.5 Å². The fourth-order valence-corrected chi connectivity index (χ4v) is 2.92. The standard InChI is InChI=1S/C20H19F3N2O4/c1-13-11-19(27,20(21,22)23)25(24-13)18(26)15-9-7-14(8-10-15)12-29-17-6-4-3-5-16(17)28-2/h3-10,27H,11-12H2,1-2H3. The van der Waals surface area contributed by atoms with E-state index < -0.39 is 24.2 Å². The molecular weight excluding hydrogens is 389 g/mol. The molecule has 1 heterocycles.